The number of aliphatic carboxylic acids is 1. The molecule has 2 aromatic heterocycles. The summed E-state index contributed by atoms with van der Waals surface area (Å²) in [6.07, 6.45) is 6.77. The largest absolute Gasteiger partial charge is 0.494 e. The summed E-state index contributed by atoms with van der Waals surface area (Å²) in [5.41, 5.74) is 2.96. The van der Waals surface area contributed by atoms with Gasteiger partial charge >= 0.3 is 5.97 Å². The normalized spacial score (nSPS) is 11.6. The first-order valence-corrected chi connectivity index (χ1v) is 14.2. The number of rotatable bonds is 17. The van der Waals surface area contributed by atoms with Gasteiger partial charge in [0.1, 0.15) is 24.4 Å². The summed E-state index contributed by atoms with van der Waals surface area (Å²) in [6, 6.07) is 16.6. The molecule has 2 heterocycles. The molecule has 0 radical (unpaired) electrons. The highest BCUT2D eigenvalue weighted by Crippen LogP contribution is 2.21. The van der Waals surface area contributed by atoms with E-state index < -0.39 is 5.97 Å². The smallest absolute Gasteiger partial charge is 0.329 e. The SMILES string of the molecule is C[C@@H](NC(=O)c1cccc(NCc2nnc(-c3ccncn3)n2C)c1)c1cccc(OCCCCCCOCC(=O)O)c1. The summed E-state index contributed by atoms with van der Waals surface area (Å²) >= 11 is 0. The zero-order chi connectivity index (χ0) is 30.4. The molecule has 0 saturated carbocycles. The molecule has 0 saturated heterocycles. The number of hydrogen-bond acceptors (Lipinski definition) is 9. The Balaban J connectivity index is 1.23. The number of hydrogen-bond donors (Lipinski definition) is 3. The number of carbonyl (C=O) groups excluding carboxylic acids is 1. The lowest BCUT2D eigenvalue weighted by Crippen LogP contribution is -2.26. The van der Waals surface area contributed by atoms with Crippen LogP contribution in [-0.2, 0) is 23.1 Å². The quantitative estimate of drug-likeness (QED) is 0.151. The molecule has 0 fully saturated rings. The van der Waals surface area contributed by atoms with Gasteiger partial charge in [-0.2, -0.15) is 0 Å². The minimum atomic E-state index is -0.947. The maximum absolute atomic E-state index is 13.1. The minimum Gasteiger partial charge on any atom is -0.494 e. The van der Waals surface area contributed by atoms with Crippen molar-refractivity contribution in [2.75, 3.05) is 25.1 Å². The Morgan fingerprint density at radius 1 is 1.00 bits per heavy atom. The number of carboxylic acids is 1. The van der Waals surface area contributed by atoms with Crippen molar-refractivity contribution in [3.8, 4) is 17.3 Å². The standard InChI is InChI=1S/C31H37N7O5/c1-22(23-9-8-12-26(18-23)43-16-6-4-3-5-15-42-20-29(39)40)35-31(41)24-10-7-11-25(17-24)33-19-28-36-37-30(38(28)2)27-13-14-32-21-34-27/h7-14,17-18,21-22,33H,3-6,15-16,19-20H2,1-2H3,(H,35,41)(H,39,40)/t22-/m1/s1. The van der Waals surface area contributed by atoms with E-state index in [1.165, 1.54) is 6.33 Å². The number of aromatic nitrogens is 5. The van der Waals surface area contributed by atoms with Crippen molar-refractivity contribution in [3.63, 3.8) is 0 Å². The third-order valence-corrected chi connectivity index (χ3v) is 6.73. The number of carbonyl (C=O) groups is 2. The predicted molar refractivity (Wildman–Crippen MR) is 161 cm³/mol. The topological polar surface area (TPSA) is 153 Å². The van der Waals surface area contributed by atoms with Crippen LogP contribution in [0.3, 0.4) is 0 Å². The highest BCUT2D eigenvalue weighted by atomic mass is 16.5. The maximum Gasteiger partial charge on any atom is 0.329 e. The molecule has 3 N–H and O–H groups in total. The van der Waals surface area contributed by atoms with E-state index in [2.05, 4.69) is 30.8 Å². The summed E-state index contributed by atoms with van der Waals surface area (Å²) in [5.74, 6) is 0.993. The van der Waals surface area contributed by atoms with Gasteiger partial charge in [0.25, 0.3) is 5.91 Å². The van der Waals surface area contributed by atoms with E-state index in [0.29, 0.717) is 36.8 Å². The fourth-order valence-corrected chi connectivity index (χ4v) is 4.36. The van der Waals surface area contributed by atoms with E-state index in [1.54, 1.807) is 18.3 Å². The first-order chi connectivity index (χ1) is 20.9. The molecular weight excluding hydrogens is 550 g/mol. The number of amides is 1. The van der Waals surface area contributed by atoms with Crippen LogP contribution in [0.15, 0.2) is 67.1 Å². The van der Waals surface area contributed by atoms with Crippen LogP contribution in [0.5, 0.6) is 5.75 Å². The second-order valence-corrected chi connectivity index (χ2v) is 10.0. The van der Waals surface area contributed by atoms with Crippen LogP contribution in [0.4, 0.5) is 5.69 Å². The minimum absolute atomic E-state index is 0.181. The molecule has 0 bridgehead atoms. The van der Waals surface area contributed by atoms with Gasteiger partial charge < -0.3 is 29.8 Å². The summed E-state index contributed by atoms with van der Waals surface area (Å²) in [4.78, 5) is 31.7. The van der Waals surface area contributed by atoms with Crippen molar-refractivity contribution in [1.82, 2.24) is 30.0 Å². The molecule has 12 heteroatoms. The van der Waals surface area contributed by atoms with Crippen LogP contribution in [0.1, 0.15) is 60.4 Å². The van der Waals surface area contributed by atoms with Gasteiger partial charge in [0.15, 0.2) is 11.6 Å². The monoisotopic (exact) mass is 587 g/mol. The van der Waals surface area contributed by atoms with E-state index in [4.69, 9.17) is 14.6 Å². The van der Waals surface area contributed by atoms with Crippen LogP contribution in [-0.4, -0.2) is 61.5 Å². The van der Waals surface area contributed by atoms with Gasteiger partial charge in [-0.05, 0) is 68.1 Å². The zero-order valence-electron chi connectivity index (χ0n) is 24.4. The van der Waals surface area contributed by atoms with Gasteiger partial charge in [-0.1, -0.05) is 24.6 Å². The molecule has 0 aliphatic carbocycles. The van der Waals surface area contributed by atoms with Crippen LogP contribution in [0.25, 0.3) is 11.5 Å². The molecule has 43 heavy (non-hydrogen) atoms. The molecule has 1 atom stereocenters. The van der Waals surface area contributed by atoms with Crippen molar-refractivity contribution < 1.29 is 24.2 Å². The van der Waals surface area contributed by atoms with Crippen molar-refractivity contribution >= 4 is 17.6 Å². The number of benzene rings is 2. The summed E-state index contributed by atoms with van der Waals surface area (Å²) in [7, 11) is 1.88. The van der Waals surface area contributed by atoms with Crippen LogP contribution in [0, 0.1) is 0 Å². The Kier molecular flexibility index (Phi) is 11.6. The predicted octanol–water partition coefficient (Wildman–Crippen LogP) is 4.42. The highest BCUT2D eigenvalue weighted by Gasteiger charge is 2.14. The number of nitrogens with one attached hydrogen (secondary N) is 2. The number of ether oxygens (including phenoxy) is 2. The lowest BCUT2D eigenvalue weighted by molar-refractivity contribution is -0.142. The summed E-state index contributed by atoms with van der Waals surface area (Å²) in [5, 5.41) is 23.5. The van der Waals surface area contributed by atoms with Crippen LogP contribution in [0.2, 0.25) is 0 Å². The average molecular weight is 588 g/mol. The number of anilines is 1. The fourth-order valence-electron chi connectivity index (χ4n) is 4.36. The molecule has 1 amide bonds. The number of carboxylic acid groups (broad SMARTS) is 1. The molecule has 4 aromatic rings. The summed E-state index contributed by atoms with van der Waals surface area (Å²) < 4.78 is 12.8. The number of nitrogens with zero attached hydrogens (tertiary/aromatic N) is 5. The maximum atomic E-state index is 13.1. The summed E-state index contributed by atoms with van der Waals surface area (Å²) in [6.45, 7) is 3.14. The van der Waals surface area contributed by atoms with Crippen molar-refractivity contribution in [3.05, 3.63) is 84.1 Å². The van der Waals surface area contributed by atoms with Crippen molar-refractivity contribution in [2.24, 2.45) is 7.05 Å². The van der Waals surface area contributed by atoms with E-state index in [0.717, 1.165) is 48.5 Å². The molecular formula is C31H37N7O5. The second kappa shape index (κ2) is 16.0. The van der Waals surface area contributed by atoms with Crippen LogP contribution >= 0.6 is 0 Å². The number of unbranched alkanes of at least 4 members (excludes halogenated alkanes) is 3. The van der Waals surface area contributed by atoms with Gasteiger partial charge in [-0.3, -0.25) is 4.79 Å². The van der Waals surface area contributed by atoms with Crippen molar-refractivity contribution in [1.29, 1.82) is 0 Å². The molecule has 0 aliphatic heterocycles. The zero-order valence-corrected chi connectivity index (χ0v) is 24.4. The van der Waals surface area contributed by atoms with E-state index in [9.17, 15) is 9.59 Å². The molecule has 2 aromatic carbocycles. The molecule has 0 unspecified atom stereocenters. The van der Waals surface area contributed by atoms with E-state index in [1.807, 2.05) is 61.0 Å². The van der Waals surface area contributed by atoms with E-state index in [-0.39, 0.29) is 18.6 Å². The Hall–Kier alpha value is -4.84. The molecule has 12 nitrogen and oxygen atoms in total. The Bertz CT molecular complexity index is 1480. The van der Waals surface area contributed by atoms with E-state index >= 15 is 0 Å². The molecule has 226 valence electrons. The van der Waals surface area contributed by atoms with Gasteiger partial charge in [-0.25, -0.2) is 14.8 Å². The fraction of sp³-hybridized carbons (Fsp3) is 0.355. The Morgan fingerprint density at radius 3 is 2.60 bits per heavy atom. The average Bonchev–Trinajstić information content (AvgIpc) is 3.39. The molecule has 0 spiro atoms. The van der Waals surface area contributed by atoms with Crippen LogP contribution < -0.4 is 15.4 Å². The van der Waals surface area contributed by atoms with Gasteiger partial charge in [0.05, 0.1) is 19.2 Å². The first-order valence-electron chi connectivity index (χ1n) is 14.2. The lowest BCUT2D eigenvalue weighted by Gasteiger charge is -2.16. The van der Waals surface area contributed by atoms with Gasteiger partial charge in [0.2, 0.25) is 0 Å². The molecule has 0 aliphatic rings. The Labute approximate surface area is 250 Å². The molecule has 4 rings (SSSR count). The third-order valence-electron chi connectivity index (χ3n) is 6.73. The second-order valence-electron chi connectivity index (χ2n) is 10.0. The first kappa shape index (κ1) is 31.1. The Morgan fingerprint density at radius 2 is 1.81 bits per heavy atom. The lowest BCUT2D eigenvalue weighted by atomic mass is 10.1. The highest BCUT2D eigenvalue weighted by molar-refractivity contribution is 5.95. The van der Waals surface area contributed by atoms with Gasteiger partial charge in [-0.15, -0.1) is 10.2 Å². The van der Waals surface area contributed by atoms with Gasteiger partial charge in [0, 0.05) is 31.1 Å². The van der Waals surface area contributed by atoms with Crippen molar-refractivity contribution in [2.45, 2.75) is 45.2 Å². The third kappa shape index (κ3) is 9.60.